The Morgan fingerprint density at radius 3 is 2.87 bits per heavy atom. The summed E-state index contributed by atoms with van der Waals surface area (Å²) in [4.78, 5) is 18.8. The van der Waals surface area contributed by atoms with Gasteiger partial charge in [-0.05, 0) is 62.2 Å². The summed E-state index contributed by atoms with van der Waals surface area (Å²) in [6.07, 6.45) is 9.39. The van der Waals surface area contributed by atoms with Crippen LogP contribution < -0.4 is 15.0 Å². The van der Waals surface area contributed by atoms with Crippen LogP contribution in [0.3, 0.4) is 0 Å². The molecule has 4 aromatic rings. The van der Waals surface area contributed by atoms with Crippen molar-refractivity contribution in [1.29, 1.82) is 0 Å². The van der Waals surface area contributed by atoms with Crippen LogP contribution in [-0.2, 0) is 6.42 Å². The lowest BCUT2D eigenvalue weighted by atomic mass is 9.83. The third kappa shape index (κ3) is 3.98. The minimum absolute atomic E-state index is 0.0341. The van der Waals surface area contributed by atoms with Gasteiger partial charge in [0.05, 0.1) is 22.2 Å². The third-order valence-corrected chi connectivity index (χ3v) is 10.7. The number of alkyl halides is 1. The van der Waals surface area contributed by atoms with E-state index < -0.39 is 23.3 Å². The fourth-order valence-electron chi connectivity index (χ4n) is 8.69. The molecule has 8 nitrogen and oxygen atoms in total. The van der Waals surface area contributed by atoms with Crippen LogP contribution in [0.5, 0.6) is 11.8 Å². The first kappa shape index (κ1) is 27.2. The number of anilines is 1. The van der Waals surface area contributed by atoms with E-state index in [0.29, 0.717) is 53.8 Å². The van der Waals surface area contributed by atoms with E-state index >= 15 is 4.39 Å². The highest BCUT2D eigenvalue weighted by molar-refractivity contribution is 6.03. The van der Waals surface area contributed by atoms with E-state index in [-0.39, 0.29) is 52.1 Å². The number of nitrogens with one attached hydrogen (secondary N) is 1. The highest BCUT2D eigenvalue weighted by Gasteiger charge is 2.50. The van der Waals surface area contributed by atoms with E-state index in [0.717, 1.165) is 38.8 Å². The second-order valence-electron chi connectivity index (χ2n) is 13.3. The quantitative estimate of drug-likeness (QED) is 0.323. The highest BCUT2D eigenvalue weighted by atomic mass is 19.1. The zero-order chi connectivity index (χ0) is 30.6. The van der Waals surface area contributed by atoms with Gasteiger partial charge in [0.15, 0.2) is 5.82 Å². The van der Waals surface area contributed by atoms with Gasteiger partial charge in [-0.3, -0.25) is 4.90 Å². The Balaban J connectivity index is 1.24. The predicted octanol–water partition coefficient (Wildman–Crippen LogP) is 4.63. The van der Waals surface area contributed by atoms with E-state index in [2.05, 4.69) is 26.0 Å². The van der Waals surface area contributed by atoms with E-state index in [9.17, 15) is 13.9 Å². The van der Waals surface area contributed by atoms with Gasteiger partial charge in [0.25, 0.3) is 0 Å². The summed E-state index contributed by atoms with van der Waals surface area (Å²) < 4.78 is 52.7. The number of aromatic nitrogens is 3. The standard InChI is InChI=1S/C34H31F3N6O2/c1-2-21-23(36)5-4-17-10-20(44)12-22(27(17)21)30-29(37)31-28-24(39-30)6-7-26-25-11-19(38-25)15-43(26)32(28)41-33(40-31)45-16-34-8-3-9-42(34)14-18(35)13-34/h1,4-5,10,12,18-19,25-26,38,44H,3,6-9,11,13-16H2/t18-,19?,25?,26?,34?/m1/s1. The Bertz CT molecular complexity index is 1960. The number of phenolic OH excluding ortho intramolecular Hbond substituents is 1. The fourth-order valence-corrected chi connectivity index (χ4v) is 8.69. The number of pyridine rings is 1. The molecule has 5 fully saturated rings. The summed E-state index contributed by atoms with van der Waals surface area (Å²) in [5.74, 6) is 1.51. The SMILES string of the molecule is C#Cc1c(F)ccc2cc(O)cc(-c3nc4c5c(nc(OCC67CCCN6C[C@H](F)C7)nc5c3F)N3CC5CC(N5)C3CC4)c12. The van der Waals surface area contributed by atoms with Crippen molar-refractivity contribution < 1.29 is 23.0 Å². The number of ether oxygens (including phenoxy) is 1. The highest BCUT2D eigenvalue weighted by Crippen LogP contribution is 2.45. The van der Waals surface area contributed by atoms with E-state index in [1.807, 2.05) is 0 Å². The van der Waals surface area contributed by atoms with Crippen molar-refractivity contribution >= 4 is 27.5 Å². The van der Waals surface area contributed by atoms with E-state index in [1.165, 1.54) is 24.3 Å². The first-order valence-electron chi connectivity index (χ1n) is 15.7. The maximum absolute atomic E-state index is 17.0. The number of nitrogens with zero attached hydrogens (tertiary/aromatic N) is 5. The lowest BCUT2D eigenvalue weighted by Gasteiger charge is -2.54. The summed E-state index contributed by atoms with van der Waals surface area (Å²) >= 11 is 0. The maximum Gasteiger partial charge on any atom is 0.319 e. The Labute approximate surface area is 257 Å². The average molecular weight is 613 g/mol. The van der Waals surface area contributed by atoms with Gasteiger partial charge < -0.3 is 20.1 Å². The van der Waals surface area contributed by atoms with Gasteiger partial charge in [-0.15, -0.1) is 6.42 Å². The number of terminal acetylenes is 1. The van der Waals surface area contributed by atoms with Crippen LogP contribution in [0.2, 0.25) is 0 Å². The summed E-state index contributed by atoms with van der Waals surface area (Å²) in [7, 11) is 0. The lowest BCUT2D eigenvalue weighted by molar-refractivity contribution is 0.107. The third-order valence-electron chi connectivity index (χ3n) is 10.7. The molecule has 230 valence electrons. The lowest BCUT2D eigenvalue weighted by Crippen LogP contribution is -2.71. The Morgan fingerprint density at radius 2 is 2.02 bits per heavy atom. The zero-order valence-corrected chi connectivity index (χ0v) is 24.5. The summed E-state index contributed by atoms with van der Waals surface area (Å²) in [5.41, 5.74) is 0.328. The largest absolute Gasteiger partial charge is 0.508 e. The molecule has 45 heavy (non-hydrogen) atoms. The molecule has 8 heterocycles. The zero-order valence-electron chi connectivity index (χ0n) is 24.5. The molecule has 5 atom stereocenters. The van der Waals surface area contributed by atoms with Crippen molar-refractivity contribution in [2.24, 2.45) is 0 Å². The van der Waals surface area contributed by atoms with Crippen molar-refractivity contribution in [2.45, 2.75) is 68.4 Å². The molecule has 6 aliphatic rings. The number of aromatic hydroxyl groups is 1. The van der Waals surface area contributed by atoms with Crippen LogP contribution in [-0.4, -0.2) is 81.0 Å². The van der Waals surface area contributed by atoms with Crippen LogP contribution in [0.25, 0.3) is 32.9 Å². The van der Waals surface area contributed by atoms with Gasteiger partial charge in [0, 0.05) is 48.6 Å². The molecule has 0 amide bonds. The van der Waals surface area contributed by atoms with Gasteiger partial charge in [0.1, 0.15) is 41.4 Å². The number of benzene rings is 2. The molecule has 0 aliphatic carbocycles. The van der Waals surface area contributed by atoms with Crippen molar-refractivity contribution in [3.05, 3.63) is 47.2 Å². The Kier molecular flexibility index (Phi) is 5.85. The number of rotatable bonds is 4. The predicted molar refractivity (Wildman–Crippen MR) is 163 cm³/mol. The van der Waals surface area contributed by atoms with Crippen molar-refractivity contribution in [3.63, 3.8) is 0 Å². The van der Waals surface area contributed by atoms with Crippen molar-refractivity contribution in [1.82, 2.24) is 25.2 Å². The Hall–Kier alpha value is -4.14. The minimum Gasteiger partial charge on any atom is -0.508 e. The molecule has 2 N–H and O–H groups in total. The molecular weight excluding hydrogens is 581 g/mol. The van der Waals surface area contributed by atoms with Crippen LogP contribution >= 0.6 is 0 Å². The minimum atomic E-state index is -0.909. The second kappa shape index (κ2) is 9.68. The number of fused-ring (bicyclic) bond motifs is 2. The number of halogens is 3. The molecule has 0 radical (unpaired) electrons. The number of piperidine rings is 1. The molecule has 2 aromatic heterocycles. The molecule has 0 saturated carbocycles. The van der Waals surface area contributed by atoms with Crippen LogP contribution in [0.15, 0.2) is 24.3 Å². The van der Waals surface area contributed by atoms with Crippen molar-refractivity contribution in [2.75, 3.05) is 31.1 Å². The fraction of sp³-hybridized carbons (Fsp3) is 0.441. The first-order valence-corrected chi connectivity index (χ1v) is 15.7. The maximum atomic E-state index is 17.0. The normalized spacial score (nSPS) is 28.4. The topological polar surface area (TPSA) is 86.6 Å². The summed E-state index contributed by atoms with van der Waals surface area (Å²) in [6, 6.07) is 6.35. The first-order chi connectivity index (χ1) is 21.8. The summed E-state index contributed by atoms with van der Waals surface area (Å²) in [5, 5.41) is 15.5. The van der Waals surface area contributed by atoms with Gasteiger partial charge in [-0.1, -0.05) is 12.0 Å². The smallest absolute Gasteiger partial charge is 0.319 e. The molecule has 10 rings (SSSR count). The monoisotopic (exact) mass is 612 g/mol. The molecule has 0 spiro atoms. The molecule has 11 heteroatoms. The number of hydrogen-bond acceptors (Lipinski definition) is 8. The van der Waals surface area contributed by atoms with Gasteiger partial charge in [-0.2, -0.15) is 9.97 Å². The van der Waals surface area contributed by atoms with E-state index in [1.54, 1.807) is 0 Å². The van der Waals surface area contributed by atoms with Crippen LogP contribution in [0, 0.1) is 24.0 Å². The van der Waals surface area contributed by atoms with Crippen LogP contribution in [0.4, 0.5) is 19.0 Å². The average Bonchev–Trinajstić information content (AvgIpc) is 3.48. The molecule has 6 aliphatic heterocycles. The van der Waals surface area contributed by atoms with E-state index in [4.69, 9.17) is 21.1 Å². The van der Waals surface area contributed by atoms with Crippen molar-refractivity contribution in [3.8, 4) is 35.4 Å². The summed E-state index contributed by atoms with van der Waals surface area (Å²) in [6.45, 7) is 2.15. The second-order valence-corrected chi connectivity index (χ2v) is 13.3. The molecule has 4 unspecified atom stereocenters. The Morgan fingerprint density at radius 1 is 1.16 bits per heavy atom. The van der Waals surface area contributed by atoms with Gasteiger partial charge in [0.2, 0.25) is 0 Å². The number of aryl methyl sites for hydroxylation is 1. The molecule has 2 bridgehead atoms. The molecular formula is C34H31F3N6O2. The molecule has 5 saturated heterocycles. The van der Waals surface area contributed by atoms with Gasteiger partial charge in [-0.25, -0.2) is 18.2 Å². The van der Waals surface area contributed by atoms with Gasteiger partial charge >= 0.3 is 6.01 Å². The number of phenols is 1. The number of piperazine rings is 1. The van der Waals surface area contributed by atoms with Crippen LogP contribution in [0.1, 0.15) is 43.4 Å². The number of hydrogen-bond donors (Lipinski definition) is 2. The molecule has 2 aromatic carbocycles.